The van der Waals surface area contributed by atoms with Crippen molar-refractivity contribution in [3.8, 4) is 0 Å². The van der Waals surface area contributed by atoms with Crippen LogP contribution in [0, 0.1) is 0 Å². The van der Waals surface area contributed by atoms with E-state index in [1.54, 1.807) is 12.4 Å². The van der Waals surface area contributed by atoms with E-state index in [9.17, 15) is 0 Å². The van der Waals surface area contributed by atoms with Gasteiger partial charge < -0.3 is 4.90 Å². The van der Waals surface area contributed by atoms with Crippen molar-refractivity contribution in [2.45, 2.75) is 33.2 Å². The minimum absolute atomic E-state index is 0.460. The maximum absolute atomic E-state index is 4.33. The molecule has 0 radical (unpaired) electrons. The van der Waals surface area contributed by atoms with Crippen LogP contribution in [0.2, 0.25) is 0 Å². The third-order valence-corrected chi connectivity index (χ3v) is 2.20. The molecule has 0 aliphatic carbocycles. The number of hydrogen-bond acceptors (Lipinski definition) is 3. The van der Waals surface area contributed by atoms with E-state index in [0.717, 1.165) is 17.9 Å². The molecule has 0 spiro atoms. The average molecular weight is 179 g/mol. The fourth-order valence-corrected chi connectivity index (χ4v) is 1.15. The predicted molar refractivity (Wildman–Crippen MR) is 54.9 cm³/mol. The molecular formula is C10H17N3. The van der Waals surface area contributed by atoms with Gasteiger partial charge in [-0.25, -0.2) is 4.98 Å². The Labute approximate surface area is 79.8 Å². The fraction of sp³-hybridized carbons (Fsp3) is 0.600. The molecular weight excluding hydrogens is 162 g/mol. The lowest BCUT2D eigenvalue weighted by Gasteiger charge is -2.23. The smallest absolute Gasteiger partial charge is 0.150 e. The highest BCUT2D eigenvalue weighted by atomic mass is 15.2. The molecule has 0 atom stereocenters. The summed E-state index contributed by atoms with van der Waals surface area (Å²) in [7, 11) is 2.05. The van der Waals surface area contributed by atoms with Crippen LogP contribution < -0.4 is 4.90 Å². The predicted octanol–water partition coefficient (Wildman–Crippen LogP) is 1.88. The molecule has 72 valence electrons. The Morgan fingerprint density at radius 3 is 2.46 bits per heavy atom. The van der Waals surface area contributed by atoms with Crippen LogP contribution in [0.5, 0.6) is 0 Å². The summed E-state index contributed by atoms with van der Waals surface area (Å²) in [5.41, 5.74) is 1.07. The highest BCUT2D eigenvalue weighted by molar-refractivity contribution is 5.42. The van der Waals surface area contributed by atoms with Gasteiger partial charge in [0.25, 0.3) is 0 Å². The van der Waals surface area contributed by atoms with Crippen molar-refractivity contribution in [2.75, 3.05) is 11.9 Å². The lowest BCUT2D eigenvalue weighted by molar-refractivity contribution is 0.732. The molecule has 0 fully saturated rings. The second kappa shape index (κ2) is 4.21. The first-order valence-corrected chi connectivity index (χ1v) is 4.69. The number of aromatic nitrogens is 2. The van der Waals surface area contributed by atoms with Gasteiger partial charge in [0.1, 0.15) is 5.82 Å². The zero-order valence-corrected chi connectivity index (χ0v) is 8.78. The summed E-state index contributed by atoms with van der Waals surface area (Å²) < 4.78 is 0. The molecule has 3 heteroatoms. The molecule has 0 amide bonds. The lowest BCUT2D eigenvalue weighted by atomic mass is 10.2. The van der Waals surface area contributed by atoms with E-state index in [2.05, 4.69) is 35.6 Å². The summed E-state index contributed by atoms with van der Waals surface area (Å²) in [6.45, 7) is 6.39. The largest absolute Gasteiger partial charge is 0.356 e. The molecule has 0 saturated carbocycles. The van der Waals surface area contributed by atoms with Crippen LogP contribution in [0.15, 0.2) is 12.4 Å². The van der Waals surface area contributed by atoms with Crippen LogP contribution in [-0.4, -0.2) is 23.1 Å². The average Bonchev–Trinajstić information content (AvgIpc) is 2.16. The van der Waals surface area contributed by atoms with Crippen LogP contribution in [0.4, 0.5) is 5.82 Å². The molecule has 0 saturated heterocycles. The highest BCUT2D eigenvalue weighted by Gasteiger charge is 2.10. The topological polar surface area (TPSA) is 29.0 Å². The minimum atomic E-state index is 0.460. The van der Waals surface area contributed by atoms with Crippen molar-refractivity contribution in [1.82, 2.24) is 9.97 Å². The van der Waals surface area contributed by atoms with Crippen LogP contribution in [0.3, 0.4) is 0 Å². The van der Waals surface area contributed by atoms with Crippen molar-refractivity contribution in [2.24, 2.45) is 0 Å². The first-order valence-electron chi connectivity index (χ1n) is 4.69. The van der Waals surface area contributed by atoms with E-state index in [0.29, 0.717) is 6.04 Å². The maximum Gasteiger partial charge on any atom is 0.150 e. The third kappa shape index (κ3) is 2.17. The summed E-state index contributed by atoms with van der Waals surface area (Å²) in [5.74, 6) is 1.00. The summed E-state index contributed by atoms with van der Waals surface area (Å²) in [6.07, 6.45) is 4.42. The summed E-state index contributed by atoms with van der Waals surface area (Å²) in [4.78, 5) is 10.8. The van der Waals surface area contributed by atoms with Crippen molar-refractivity contribution in [3.05, 3.63) is 18.1 Å². The van der Waals surface area contributed by atoms with Gasteiger partial charge in [0, 0.05) is 25.5 Å². The van der Waals surface area contributed by atoms with Crippen molar-refractivity contribution in [3.63, 3.8) is 0 Å². The van der Waals surface area contributed by atoms with Crippen LogP contribution >= 0.6 is 0 Å². The fourth-order valence-electron chi connectivity index (χ4n) is 1.15. The van der Waals surface area contributed by atoms with Gasteiger partial charge in [0.15, 0.2) is 0 Å². The number of hydrogen-bond donors (Lipinski definition) is 0. The Kier molecular flexibility index (Phi) is 3.23. The molecule has 0 aliphatic heterocycles. The molecule has 1 heterocycles. The van der Waals surface area contributed by atoms with Gasteiger partial charge in [0.2, 0.25) is 0 Å². The van der Waals surface area contributed by atoms with E-state index >= 15 is 0 Å². The summed E-state index contributed by atoms with van der Waals surface area (Å²) >= 11 is 0. The van der Waals surface area contributed by atoms with Crippen LogP contribution in [0.25, 0.3) is 0 Å². The molecule has 13 heavy (non-hydrogen) atoms. The summed E-state index contributed by atoms with van der Waals surface area (Å²) in [6, 6.07) is 0.460. The monoisotopic (exact) mass is 179 g/mol. The van der Waals surface area contributed by atoms with Crippen LogP contribution in [0.1, 0.15) is 26.5 Å². The molecule has 1 rings (SSSR count). The van der Waals surface area contributed by atoms with Crippen molar-refractivity contribution < 1.29 is 0 Å². The van der Waals surface area contributed by atoms with Gasteiger partial charge in [-0.2, -0.15) is 0 Å². The number of rotatable bonds is 3. The molecule has 1 aromatic rings. The number of nitrogens with zero attached hydrogens (tertiary/aromatic N) is 3. The van der Waals surface area contributed by atoms with Gasteiger partial charge in [-0.15, -0.1) is 0 Å². The maximum atomic E-state index is 4.33. The van der Waals surface area contributed by atoms with E-state index in [-0.39, 0.29) is 0 Å². The Morgan fingerprint density at radius 1 is 1.31 bits per heavy atom. The van der Waals surface area contributed by atoms with Gasteiger partial charge in [-0.05, 0) is 20.3 Å². The number of aryl methyl sites for hydroxylation is 1. The summed E-state index contributed by atoms with van der Waals surface area (Å²) in [5, 5.41) is 0. The van der Waals surface area contributed by atoms with E-state index < -0.39 is 0 Å². The van der Waals surface area contributed by atoms with Crippen molar-refractivity contribution in [1.29, 1.82) is 0 Å². The lowest BCUT2D eigenvalue weighted by Crippen LogP contribution is -2.27. The molecule has 0 aromatic carbocycles. The molecule has 0 aliphatic rings. The highest BCUT2D eigenvalue weighted by Crippen LogP contribution is 2.15. The molecule has 0 bridgehead atoms. The van der Waals surface area contributed by atoms with E-state index in [1.165, 1.54) is 0 Å². The molecule has 1 aromatic heterocycles. The van der Waals surface area contributed by atoms with E-state index in [4.69, 9.17) is 0 Å². The Hall–Kier alpha value is -1.12. The number of anilines is 1. The van der Waals surface area contributed by atoms with Gasteiger partial charge in [0.05, 0.1) is 5.69 Å². The molecule has 0 unspecified atom stereocenters. The SMILES string of the molecule is CCc1nccnc1N(C)C(C)C. The second-order valence-electron chi connectivity index (χ2n) is 3.38. The van der Waals surface area contributed by atoms with Gasteiger partial charge in [-0.1, -0.05) is 6.92 Å². The normalized spacial score (nSPS) is 10.5. The zero-order chi connectivity index (χ0) is 9.84. The quantitative estimate of drug-likeness (QED) is 0.709. The standard InChI is InChI=1S/C10H17N3/c1-5-9-10(12-7-6-11-9)13(4)8(2)3/h6-8H,5H2,1-4H3. The van der Waals surface area contributed by atoms with Crippen LogP contribution in [-0.2, 0) is 6.42 Å². The van der Waals surface area contributed by atoms with E-state index in [1.807, 2.05) is 7.05 Å². The minimum Gasteiger partial charge on any atom is -0.356 e. The third-order valence-electron chi connectivity index (χ3n) is 2.20. The molecule has 3 nitrogen and oxygen atoms in total. The van der Waals surface area contributed by atoms with Crippen molar-refractivity contribution >= 4 is 5.82 Å². The zero-order valence-electron chi connectivity index (χ0n) is 8.78. The second-order valence-corrected chi connectivity index (χ2v) is 3.38. The first kappa shape index (κ1) is 9.96. The first-order chi connectivity index (χ1) is 6.16. The van der Waals surface area contributed by atoms with Gasteiger partial charge >= 0.3 is 0 Å². The molecule has 0 N–H and O–H groups in total. The Morgan fingerprint density at radius 2 is 1.92 bits per heavy atom. The Balaban J connectivity index is 2.98. The Bertz CT molecular complexity index is 271. The van der Waals surface area contributed by atoms with Gasteiger partial charge in [-0.3, -0.25) is 4.98 Å².